The van der Waals surface area contributed by atoms with Gasteiger partial charge in [-0.3, -0.25) is 9.69 Å². The molecule has 1 heterocycles. The summed E-state index contributed by atoms with van der Waals surface area (Å²) in [5, 5.41) is 0. The molecule has 110 valence electrons. The number of nitrogens with zero attached hydrogens (tertiary/aromatic N) is 1. The quantitative estimate of drug-likeness (QED) is 0.755. The number of Topliss-reactive ketones (excluding diaryl/α,β-unsaturated/α-hetero) is 1. The number of likely N-dealkylation sites (tertiary alicyclic amines) is 1. The molecule has 2 nitrogen and oxygen atoms in total. The fraction of sp³-hybridized carbons (Fsp3) is 0.941. The maximum atomic E-state index is 12.3. The van der Waals surface area contributed by atoms with Crippen LogP contribution in [0.25, 0.3) is 0 Å². The third-order valence-electron chi connectivity index (χ3n) is 5.28. The van der Waals surface area contributed by atoms with E-state index in [1.165, 1.54) is 6.42 Å². The SMILES string of the molecule is CCC(=O)[C@@H]1C[C@]2(CC2C(C)(C)C)CN1C(C)(C)C. The van der Waals surface area contributed by atoms with Gasteiger partial charge in [0.2, 0.25) is 0 Å². The first kappa shape index (κ1) is 15.0. The van der Waals surface area contributed by atoms with Crippen LogP contribution in [-0.4, -0.2) is 28.8 Å². The Kier molecular flexibility index (Phi) is 3.41. The lowest BCUT2D eigenvalue weighted by Crippen LogP contribution is -2.47. The molecule has 0 aromatic heterocycles. The Bertz CT molecular complexity index is 374. The van der Waals surface area contributed by atoms with Gasteiger partial charge in [-0.1, -0.05) is 27.7 Å². The standard InChI is InChI=1S/C17H31NO/c1-8-13(19)12-9-17(10-14(17)15(2,3)4)11-18(12)16(5,6)7/h12,14H,8-11H2,1-7H3/t12-,14?,17-/m0/s1. The van der Waals surface area contributed by atoms with E-state index in [0.29, 0.717) is 23.0 Å². The Morgan fingerprint density at radius 1 is 1.16 bits per heavy atom. The van der Waals surface area contributed by atoms with Gasteiger partial charge >= 0.3 is 0 Å². The summed E-state index contributed by atoms with van der Waals surface area (Å²) >= 11 is 0. The average molecular weight is 265 g/mol. The molecule has 1 aliphatic heterocycles. The van der Waals surface area contributed by atoms with Crippen LogP contribution >= 0.6 is 0 Å². The Balaban J connectivity index is 2.21. The molecule has 3 atom stereocenters. The highest BCUT2D eigenvalue weighted by Gasteiger charge is 2.64. The normalized spacial score (nSPS) is 35.9. The van der Waals surface area contributed by atoms with Crippen LogP contribution in [0.2, 0.25) is 0 Å². The third kappa shape index (κ3) is 2.61. The van der Waals surface area contributed by atoms with Gasteiger partial charge in [-0.15, -0.1) is 0 Å². The molecule has 0 aromatic carbocycles. The first-order chi connectivity index (χ1) is 8.51. The van der Waals surface area contributed by atoms with Gasteiger partial charge in [0.15, 0.2) is 0 Å². The largest absolute Gasteiger partial charge is 0.298 e. The summed E-state index contributed by atoms with van der Waals surface area (Å²) in [4.78, 5) is 14.8. The second-order valence-corrected chi connectivity index (χ2v) is 8.82. The maximum Gasteiger partial charge on any atom is 0.149 e. The smallest absolute Gasteiger partial charge is 0.149 e. The zero-order valence-corrected chi connectivity index (χ0v) is 13.8. The summed E-state index contributed by atoms with van der Waals surface area (Å²) in [6, 6.07) is 0.164. The number of rotatable bonds is 2. The molecule has 1 saturated carbocycles. The van der Waals surface area contributed by atoms with Crippen LogP contribution in [0.5, 0.6) is 0 Å². The van der Waals surface area contributed by atoms with E-state index in [9.17, 15) is 4.79 Å². The van der Waals surface area contributed by atoms with Crippen molar-refractivity contribution < 1.29 is 4.79 Å². The minimum atomic E-state index is 0.101. The number of ketones is 1. The summed E-state index contributed by atoms with van der Waals surface area (Å²) in [6.45, 7) is 16.9. The highest BCUT2D eigenvalue weighted by Crippen LogP contribution is 2.66. The Morgan fingerprint density at radius 3 is 2.11 bits per heavy atom. The van der Waals surface area contributed by atoms with E-state index >= 15 is 0 Å². The molecule has 0 radical (unpaired) electrons. The summed E-state index contributed by atoms with van der Waals surface area (Å²) in [7, 11) is 0. The van der Waals surface area contributed by atoms with Gasteiger partial charge in [-0.2, -0.15) is 0 Å². The fourth-order valence-corrected chi connectivity index (χ4v) is 4.21. The second-order valence-electron chi connectivity index (χ2n) is 8.82. The minimum absolute atomic E-state index is 0.101. The van der Waals surface area contributed by atoms with Gasteiger partial charge in [0.1, 0.15) is 5.78 Å². The first-order valence-corrected chi connectivity index (χ1v) is 7.81. The Labute approximate surface area is 118 Å². The lowest BCUT2D eigenvalue weighted by atomic mass is 9.83. The Hall–Kier alpha value is -0.370. The predicted molar refractivity (Wildman–Crippen MR) is 80.2 cm³/mol. The third-order valence-corrected chi connectivity index (χ3v) is 5.28. The fourth-order valence-electron chi connectivity index (χ4n) is 4.21. The summed E-state index contributed by atoms with van der Waals surface area (Å²) in [6.07, 6.45) is 3.09. The number of hydrogen-bond donors (Lipinski definition) is 0. The van der Waals surface area contributed by atoms with E-state index in [4.69, 9.17) is 0 Å². The second kappa shape index (κ2) is 4.31. The van der Waals surface area contributed by atoms with Crippen molar-refractivity contribution in [3.63, 3.8) is 0 Å². The molecular formula is C17H31NO. The number of carbonyl (C=O) groups excluding carboxylic acids is 1. The van der Waals surface area contributed by atoms with Crippen molar-refractivity contribution in [2.24, 2.45) is 16.7 Å². The molecule has 2 heteroatoms. The van der Waals surface area contributed by atoms with Crippen LogP contribution in [0, 0.1) is 16.7 Å². The van der Waals surface area contributed by atoms with E-state index in [0.717, 1.165) is 18.9 Å². The zero-order chi connectivity index (χ0) is 14.6. The van der Waals surface area contributed by atoms with E-state index in [1.807, 2.05) is 6.92 Å². The molecule has 1 spiro atoms. The van der Waals surface area contributed by atoms with Gasteiger partial charge < -0.3 is 0 Å². The van der Waals surface area contributed by atoms with Crippen molar-refractivity contribution >= 4 is 5.78 Å². The van der Waals surface area contributed by atoms with Gasteiger partial charge in [0, 0.05) is 18.5 Å². The molecule has 2 aliphatic rings. The Morgan fingerprint density at radius 2 is 1.74 bits per heavy atom. The van der Waals surface area contributed by atoms with Crippen molar-refractivity contribution in [3.05, 3.63) is 0 Å². The first-order valence-electron chi connectivity index (χ1n) is 7.81. The highest BCUT2D eigenvalue weighted by molar-refractivity contribution is 5.84. The van der Waals surface area contributed by atoms with Crippen LogP contribution < -0.4 is 0 Å². The van der Waals surface area contributed by atoms with Crippen molar-refractivity contribution in [1.82, 2.24) is 4.90 Å². The van der Waals surface area contributed by atoms with Gasteiger partial charge in [0.05, 0.1) is 6.04 Å². The van der Waals surface area contributed by atoms with Crippen molar-refractivity contribution in [3.8, 4) is 0 Å². The molecular weight excluding hydrogens is 234 g/mol. The van der Waals surface area contributed by atoms with E-state index in [1.54, 1.807) is 0 Å². The maximum absolute atomic E-state index is 12.3. The van der Waals surface area contributed by atoms with Crippen molar-refractivity contribution in [2.45, 2.75) is 79.3 Å². The van der Waals surface area contributed by atoms with Crippen molar-refractivity contribution in [1.29, 1.82) is 0 Å². The van der Waals surface area contributed by atoms with Crippen LogP contribution in [0.1, 0.15) is 67.7 Å². The summed E-state index contributed by atoms with van der Waals surface area (Å²) < 4.78 is 0. The predicted octanol–water partition coefficient (Wildman–Crippen LogP) is 3.89. The molecule has 0 N–H and O–H groups in total. The summed E-state index contributed by atoms with van der Waals surface area (Å²) in [5.74, 6) is 1.23. The molecule has 1 aliphatic carbocycles. The summed E-state index contributed by atoms with van der Waals surface area (Å²) in [5.41, 5.74) is 0.915. The molecule has 1 saturated heterocycles. The molecule has 0 amide bonds. The highest BCUT2D eigenvalue weighted by atomic mass is 16.1. The van der Waals surface area contributed by atoms with E-state index in [-0.39, 0.29) is 11.6 Å². The number of hydrogen-bond acceptors (Lipinski definition) is 2. The van der Waals surface area contributed by atoms with E-state index < -0.39 is 0 Å². The van der Waals surface area contributed by atoms with Crippen LogP contribution in [0.3, 0.4) is 0 Å². The molecule has 0 aromatic rings. The topological polar surface area (TPSA) is 20.3 Å². The molecule has 0 bridgehead atoms. The van der Waals surface area contributed by atoms with Gasteiger partial charge in [-0.25, -0.2) is 0 Å². The number of carbonyl (C=O) groups is 1. The molecule has 2 rings (SSSR count). The lowest BCUT2D eigenvalue weighted by Gasteiger charge is -2.36. The van der Waals surface area contributed by atoms with Crippen molar-refractivity contribution in [2.75, 3.05) is 6.54 Å². The molecule has 2 fully saturated rings. The van der Waals surface area contributed by atoms with Gasteiger partial charge in [-0.05, 0) is 50.4 Å². The average Bonchev–Trinajstić information content (AvgIpc) is 2.79. The molecule has 19 heavy (non-hydrogen) atoms. The van der Waals surface area contributed by atoms with Crippen LogP contribution in [-0.2, 0) is 4.79 Å². The molecule has 1 unspecified atom stereocenters. The van der Waals surface area contributed by atoms with E-state index in [2.05, 4.69) is 46.4 Å². The zero-order valence-electron chi connectivity index (χ0n) is 13.8. The monoisotopic (exact) mass is 265 g/mol. The van der Waals surface area contributed by atoms with Gasteiger partial charge in [0.25, 0.3) is 0 Å². The lowest BCUT2D eigenvalue weighted by molar-refractivity contribution is -0.124. The van der Waals surface area contributed by atoms with Crippen LogP contribution in [0.15, 0.2) is 0 Å². The minimum Gasteiger partial charge on any atom is -0.298 e. The van der Waals surface area contributed by atoms with Crippen LogP contribution in [0.4, 0.5) is 0 Å².